The molecule has 2 nitrogen and oxygen atoms in total. The highest BCUT2D eigenvalue weighted by atomic mass is 19.1. The average molecular weight is 273 g/mol. The van der Waals surface area contributed by atoms with Gasteiger partial charge in [0, 0.05) is 6.07 Å². The predicted molar refractivity (Wildman–Crippen MR) is 80.9 cm³/mol. The van der Waals surface area contributed by atoms with E-state index >= 15 is 0 Å². The number of hydrogen-bond acceptors (Lipinski definition) is 2. The number of nitrogens with two attached hydrogens (primary N) is 1. The molecule has 0 aliphatic rings. The van der Waals surface area contributed by atoms with Gasteiger partial charge in [0.05, 0.1) is 5.69 Å². The standard InChI is InChI=1S/C17H20FNO/c1-10(2)13-6-5-11(3)7-16(13)20-17-8-12(4)14(18)9-15(17)19/h5-10H,19H2,1-4H3. The van der Waals surface area contributed by atoms with E-state index in [-0.39, 0.29) is 5.82 Å². The molecule has 0 unspecified atom stereocenters. The number of nitrogen functional groups attached to an aromatic ring is 1. The first-order valence-electron chi connectivity index (χ1n) is 6.72. The van der Waals surface area contributed by atoms with Crippen LogP contribution in [0, 0.1) is 19.7 Å². The van der Waals surface area contributed by atoms with Gasteiger partial charge in [0.25, 0.3) is 0 Å². The summed E-state index contributed by atoms with van der Waals surface area (Å²) in [5.74, 6) is 1.30. The second kappa shape index (κ2) is 5.53. The molecular weight excluding hydrogens is 253 g/mol. The number of benzene rings is 2. The molecule has 2 aromatic carbocycles. The summed E-state index contributed by atoms with van der Waals surface area (Å²) in [6.45, 7) is 7.92. The van der Waals surface area contributed by atoms with E-state index in [1.807, 2.05) is 13.0 Å². The number of hydrogen-bond donors (Lipinski definition) is 1. The van der Waals surface area contributed by atoms with Crippen LogP contribution in [-0.4, -0.2) is 0 Å². The Kier molecular flexibility index (Phi) is 3.98. The second-order valence-electron chi connectivity index (χ2n) is 5.44. The fraction of sp³-hybridized carbons (Fsp3) is 0.294. The molecule has 0 saturated heterocycles. The van der Waals surface area contributed by atoms with Gasteiger partial charge in [-0.05, 0) is 48.6 Å². The molecule has 2 N–H and O–H groups in total. The molecule has 0 spiro atoms. The Labute approximate surface area is 119 Å². The van der Waals surface area contributed by atoms with Gasteiger partial charge in [-0.2, -0.15) is 0 Å². The molecule has 0 fully saturated rings. The lowest BCUT2D eigenvalue weighted by Crippen LogP contribution is -1.99. The van der Waals surface area contributed by atoms with E-state index in [1.165, 1.54) is 6.07 Å². The molecule has 0 aliphatic carbocycles. The van der Waals surface area contributed by atoms with Gasteiger partial charge in [-0.1, -0.05) is 26.0 Å². The molecule has 106 valence electrons. The van der Waals surface area contributed by atoms with Crippen molar-refractivity contribution < 1.29 is 9.13 Å². The molecule has 20 heavy (non-hydrogen) atoms. The van der Waals surface area contributed by atoms with Crippen LogP contribution in [0.2, 0.25) is 0 Å². The largest absolute Gasteiger partial charge is 0.455 e. The summed E-state index contributed by atoms with van der Waals surface area (Å²) in [4.78, 5) is 0. The van der Waals surface area contributed by atoms with Gasteiger partial charge in [-0.25, -0.2) is 4.39 Å². The van der Waals surface area contributed by atoms with Crippen molar-refractivity contribution in [3.8, 4) is 11.5 Å². The smallest absolute Gasteiger partial charge is 0.150 e. The molecule has 2 rings (SSSR count). The van der Waals surface area contributed by atoms with Gasteiger partial charge in [-0.15, -0.1) is 0 Å². The van der Waals surface area contributed by atoms with E-state index in [0.29, 0.717) is 22.9 Å². The molecule has 0 heterocycles. The number of rotatable bonds is 3. The van der Waals surface area contributed by atoms with Gasteiger partial charge in [0.1, 0.15) is 11.6 Å². The van der Waals surface area contributed by atoms with Crippen LogP contribution < -0.4 is 10.5 Å². The van der Waals surface area contributed by atoms with Crippen molar-refractivity contribution in [1.29, 1.82) is 0 Å². The molecule has 0 amide bonds. The van der Waals surface area contributed by atoms with Crippen LogP contribution in [0.4, 0.5) is 10.1 Å². The highest BCUT2D eigenvalue weighted by Gasteiger charge is 2.12. The van der Waals surface area contributed by atoms with Crippen LogP contribution in [-0.2, 0) is 0 Å². The van der Waals surface area contributed by atoms with Crippen LogP contribution in [0.15, 0.2) is 30.3 Å². The highest BCUT2D eigenvalue weighted by molar-refractivity contribution is 5.56. The first-order chi connectivity index (χ1) is 9.38. The van der Waals surface area contributed by atoms with Gasteiger partial charge in [0.2, 0.25) is 0 Å². The van der Waals surface area contributed by atoms with E-state index in [1.54, 1.807) is 13.0 Å². The van der Waals surface area contributed by atoms with Crippen LogP contribution in [0.1, 0.15) is 36.5 Å². The third-order valence-electron chi connectivity index (χ3n) is 3.30. The summed E-state index contributed by atoms with van der Waals surface area (Å²) in [7, 11) is 0. The van der Waals surface area contributed by atoms with Crippen molar-refractivity contribution in [2.24, 2.45) is 0 Å². The zero-order valence-corrected chi connectivity index (χ0v) is 12.3. The maximum absolute atomic E-state index is 13.4. The van der Waals surface area contributed by atoms with Crippen LogP contribution in [0.25, 0.3) is 0 Å². The number of halogens is 1. The molecular formula is C17H20FNO. The SMILES string of the molecule is Cc1ccc(C(C)C)c(Oc2cc(C)c(F)cc2N)c1. The normalized spacial score (nSPS) is 10.9. The summed E-state index contributed by atoms with van der Waals surface area (Å²) in [6.07, 6.45) is 0. The number of anilines is 1. The Bertz CT molecular complexity index is 635. The minimum atomic E-state index is -0.317. The fourth-order valence-corrected chi connectivity index (χ4v) is 2.08. The second-order valence-corrected chi connectivity index (χ2v) is 5.44. The molecule has 0 saturated carbocycles. The molecule has 0 aliphatic heterocycles. The van der Waals surface area contributed by atoms with Crippen molar-refractivity contribution in [2.75, 3.05) is 5.73 Å². The van der Waals surface area contributed by atoms with Gasteiger partial charge in [-0.3, -0.25) is 0 Å². The minimum absolute atomic E-state index is 0.310. The monoisotopic (exact) mass is 273 g/mol. The Morgan fingerprint density at radius 3 is 2.40 bits per heavy atom. The van der Waals surface area contributed by atoms with E-state index in [2.05, 4.69) is 26.0 Å². The Morgan fingerprint density at radius 2 is 1.75 bits per heavy atom. The van der Waals surface area contributed by atoms with Crippen molar-refractivity contribution in [1.82, 2.24) is 0 Å². The molecule has 0 radical (unpaired) electrons. The minimum Gasteiger partial charge on any atom is -0.455 e. The molecule has 2 aromatic rings. The molecule has 0 atom stereocenters. The zero-order chi connectivity index (χ0) is 14.9. The first kappa shape index (κ1) is 14.4. The average Bonchev–Trinajstić information content (AvgIpc) is 2.35. The highest BCUT2D eigenvalue weighted by Crippen LogP contribution is 2.35. The topological polar surface area (TPSA) is 35.2 Å². The lowest BCUT2D eigenvalue weighted by Gasteiger charge is -2.16. The van der Waals surface area contributed by atoms with Gasteiger partial charge >= 0.3 is 0 Å². The summed E-state index contributed by atoms with van der Waals surface area (Å²) in [6, 6.07) is 9.03. The van der Waals surface area contributed by atoms with Crippen LogP contribution in [0.5, 0.6) is 11.5 Å². The van der Waals surface area contributed by atoms with Gasteiger partial charge in [0.15, 0.2) is 5.75 Å². The van der Waals surface area contributed by atoms with Crippen molar-refractivity contribution in [2.45, 2.75) is 33.6 Å². The maximum Gasteiger partial charge on any atom is 0.150 e. The quantitative estimate of drug-likeness (QED) is 0.804. The van der Waals surface area contributed by atoms with Crippen molar-refractivity contribution in [3.63, 3.8) is 0 Å². The molecule has 0 aromatic heterocycles. The Balaban J connectivity index is 2.44. The van der Waals surface area contributed by atoms with Crippen LogP contribution >= 0.6 is 0 Å². The third-order valence-corrected chi connectivity index (χ3v) is 3.30. The van der Waals surface area contributed by atoms with Crippen LogP contribution in [0.3, 0.4) is 0 Å². The van der Waals surface area contributed by atoms with E-state index in [0.717, 1.165) is 16.9 Å². The van der Waals surface area contributed by atoms with E-state index in [9.17, 15) is 4.39 Å². The molecule has 0 bridgehead atoms. The summed E-state index contributed by atoms with van der Waals surface area (Å²) in [5.41, 5.74) is 8.89. The molecule has 3 heteroatoms. The number of aryl methyl sites for hydroxylation is 2. The van der Waals surface area contributed by atoms with E-state index in [4.69, 9.17) is 10.5 Å². The van der Waals surface area contributed by atoms with Gasteiger partial charge < -0.3 is 10.5 Å². The fourth-order valence-electron chi connectivity index (χ4n) is 2.08. The Morgan fingerprint density at radius 1 is 1.05 bits per heavy atom. The zero-order valence-electron chi connectivity index (χ0n) is 12.3. The first-order valence-corrected chi connectivity index (χ1v) is 6.72. The number of ether oxygens (including phenoxy) is 1. The lowest BCUT2D eigenvalue weighted by molar-refractivity contribution is 0.472. The maximum atomic E-state index is 13.4. The third kappa shape index (κ3) is 2.93. The predicted octanol–water partition coefficient (Wildman–Crippen LogP) is 4.94. The van der Waals surface area contributed by atoms with Crippen molar-refractivity contribution in [3.05, 3.63) is 52.8 Å². The summed E-state index contributed by atoms with van der Waals surface area (Å²) in [5, 5.41) is 0. The van der Waals surface area contributed by atoms with Crippen molar-refractivity contribution >= 4 is 5.69 Å². The lowest BCUT2D eigenvalue weighted by atomic mass is 10.0. The Hall–Kier alpha value is -2.03. The summed E-state index contributed by atoms with van der Waals surface area (Å²) >= 11 is 0. The van der Waals surface area contributed by atoms with E-state index < -0.39 is 0 Å². The summed E-state index contributed by atoms with van der Waals surface area (Å²) < 4.78 is 19.4.